The fraction of sp³-hybridized carbons (Fsp3) is 0.500. The van der Waals surface area contributed by atoms with E-state index in [9.17, 15) is 9.90 Å². The molecule has 1 aromatic rings. The standard InChI is InChI=1S/C14H20O3/c1-10-6-4-5-7-12(10)8-13(14(15)16)11(2)9-17-3/h4-7,11,13H,8-9H2,1-3H3,(H,15,16). The van der Waals surface area contributed by atoms with E-state index in [0.717, 1.165) is 11.1 Å². The first kappa shape index (κ1) is 13.7. The van der Waals surface area contributed by atoms with Crippen molar-refractivity contribution in [2.45, 2.75) is 20.3 Å². The van der Waals surface area contributed by atoms with Crippen LogP contribution in [0.25, 0.3) is 0 Å². The molecule has 0 saturated heterocycles. The first-order chi connectivity index (χ1) is 8.06. The van der Waals surface area contributed by atoms with Crippen LogP contribution < -0.4 is 0 Å². The molecule has 94 valence electrons. The van der Waals surface area contributed by atoms with Crippen molar-refractivity contribution in [1.29, 1.82) is 0 Å². The van der Waals surface area contributed by atoms with Crippen LogP contribution in [0.3, 0.4) is 0 Å². The van der Waals surface area contributed by atoms with Crippen LogP contribution in [-0.4, -0.2) is 24.8 Å². The van der Waals surface area contributed by atoms with Crippen molar-refractivity contribution in [1.82, 2.24) is 0 Å². The van der Waals surface area contributed by atoms with Crippen LogP contribution in [0.2, 0.25) is 0 Å². The first-order valence-corrected chi connectivity index (χ1v) is 5.82. The molecule has 17 heavy (non-hydrogen) atoms. The summed E-state index contributed by atoms with van der Waals surface area (Å²) in [6, 6.07) is 7.91. The number of ether oxygens (including phenoxy) is 1. The molecule has 0 amide bonds. The molecule has 1 rings (SSSR count). The number of aryl methyl sites for hydroxylation is 1. The van der Waals surface area contributed by atoms with E-state index in [2.05, 4.69) is 0 Å². The number of rotatable bonds is 6. The van der Waals surface area contributed by atoms with E-state index >= 15 is 0 Å². The van der Waals surface area contributed by atoms with Gasteiger partial charge >= 0.3 is 5.97 Å². The molecule has 0 fully saturated rings. The number of aliphatic carboxylic acids is 1. The third-order valence-electron chi connectivity index (χ3n) is 3.13. The van der Waals surface area contributed by atoms with E-state index in [4.69, 9.17) is 4.74 Å². The summed E-state index contributed by atoms with van der Waals surface area (Å²) < 4.78 is 5.04. The molecule has 0 saturated carbocycles. The molecule has 0 aliphatic carbocycles. The highest BCUT2D eigenvalue weighted by Crippen LogP contribution is 2.20. The van der Waals surface area contributed by atoms with Gasteiger partial charge in [0, 0.05) is 13.7 Å². The van der Waals surface area contributed by atoms with Crippen LogP contribution in [0.15, 0.2) is 24.3 Å². The van der Waals surface area contributed by atoms with Gasteiger partial charge in [-0.2, -0.15) is 0 Å². The highest BCUT2D eigenvalue weighted by molar-refractivity contribution is 5.70. The minimum absolute atomic E-state index is 0.0112. The Morgan fingerprint density at radius 2 is 2.06 bits per heavy atom. The molecule has 0 bridgehead atoms. The molecule has 0 aliphatic heterocycles. The van der Waals surface area contributed by atoms with Crippen LogP contribution in [0.1, 0.15) is 18.1 Å². The zero-order chi connectivity index (χ0) is 12.8. The van der Waals surface area contributed by atoms with E-state index in [1.54, 1.807) is 7.11 Å². The summed E-state index contributed by atoms with van der Waals surface area (Å²) in [5.41, 5.74) is 2.24. The number of methoxy groups -OCH3 is 1. The van der Waals surface area contributed by atoms with Gasteiger partial charge in [0.1, 0.15) is 0 Å². The minimum Gasteiger partial charge on any atom is -0.481 e. The van der Waals surface area contributed by atoms with E-state index in [1.807, 2.05) is 38.1 Å². The predicted octanol–water partition coefficient (Wildman–Crippen LogP) is 2.52. The Morgan fingerprint density at radius 3 is 2.59 bits per heavy atom. The number of carboxylic acid groups (broad SMARTS) is 1. The maximum atomic E-state index is 11.3. The molecule has 0 aromatic heterocycles. The van der Waals surface area contributed by atoms with Gasteiger partial charge in [-0.25, -0.2) is 0 Å². The van der Waals surface area contributed by atoms with Gasteiger partial charge in [-0.1, -0.05) is 31.2 Å². The lowest BCUT2D eigenvalue weighted by Crippen LogP contribution is -2.27. The summed E-state index contributed by atoms with van der Waals surface area (Å²) in [5.74, 6) is -1.13. The van der Waals surface area contributed by atoms with Crippen LogP contribution in [-0.2, 0) is 16.0 Å². The largest absolute Gasteiger partial charge is 0.481 e. The van der Waals surface area contributed by atoms with Crippen molar-refractivity contribution in [3.63, 3.8) is 0 Å². The molecule has 0 heterocycles. The number of hydrogen-bond acceptors (Lipinski definition) is 2. The van der Waals surface area contributed by atoms with Crippen LogP contribution >= 0.6 is 0 Å². The molecule has 1 N–H and O–H groups in total. The predicted molar refractivity (Wildman–Crippen MR) is 67.0 cm³/mol. The van der Waals surface area contributed by atoms with Gasteiger partial charge in [-0.05, 0) is 30.4 Å². The Kier molecular flexibility index (Phi) is 5.16. The summed E-state index contributed by atoms with van der Waals surface area (Å²) in [6.07, 6.45) is 0.562. The summed E-state index contributed by atoms with van der Waals surface area (Å²) in [5, 5.41) is 9.27. The average Bonchev–Trinajstić information content (AvgIpc) is 2.27. The van der Waals surface area contributed by atoms with Crippen molar-refractivity contribution in [3.8, 4) is 0 Å². The van der Waals surface area contributed by atoms with Crippen molar-refractivity contribution >= 4 is 5.97 Å². The summed E-state index contributed by atoms with van der Waals surface area (Å²) in [4.78, 5) is 11.3. The molecule has 0 radical (unpaired) electrons. The van der Waals surface area contributed by atoms with Gasteiger partial charge in [-0.15, -0.1) is 0 Å². The van der Waals surface area contributed by atoms with Gasteiger partial charge in [0.05, 0.1) is 5.92 Å². The molecule has 2 atom stereocenters. The molecule has 3 nitrogen and oxygen atoms in total. The van der Waals surface area contributed by atoms with Crippen LogP contribution in [0, 0.1) is 18.8 Å². The summed E-state index contributed by atoms with van der Waals surface area (Å²) in [7, 11) is 1.60. The normalized spacial score (nSPS) is 14.3. The van der Waals surface area contributed by atoms with Gasteiger partial charge in [0.2, 0.25) is 0 Å². The topological polar surface area (TPSA) is 46.5 Å². The second kappa shape index (κ2) is 6.40. The Hall–Kier alpha value is -1.35. The zero-order valence-corrected chi connectivity index (χ0v) is 10.6. The molecule has 0 spiro atoms. The molecule has 1 aromatic carbocycles. The van der Waals surface area contributed by atoms with Crippen molar-refractivity contribution in [2.24, 2.45) is 11.8 Å². The maximum Gasteiger partial charge on any atom is 0.307 e. The molecular weight excluding hydrogens is 216 g/mol. The average molecular weight is 236 g/mol. The van der Waals surface area contributed by atoms with E-state index in [-0.39, 0.29) is 5.92 Å². The first-order valence-electron chi connectivity index (χ1n) is 5.82. The Balaban J connectivity index is 2.80. The number of carboxylic acids is 1. The molecule has 3 heteroatoms. The minimum atomic E-state index is -0.752. The molecule has 0 aliphatic rings. The van der Waals surface area contributed by atoms with E-state index in [1.165, 1.54) is 0 Å². The highest BCUT2D eigenvalue weighted by Gasteiger charge is 2.25. The lowest BCUT2D eigenvalue weighted by Gasteiger charge is -2.20. The number of benzene rings is 1. The van der Waals surface area contributed by atoms with Crippen molar-refractivity contribution in [2.75, 3.05) is 13.7 Å². The Labute approximate surface area is 102 Å². The Morgan fingerprint density at radius 1 is 1.41 bits per heavy atom. The highest BCUT2D eigenvalue weighted by atomic mass is 16.5. The Bertz CT molecular complexity index is 373. The quantitative estimate of drug-likeness (QED) is 0.825. The third-order valence-corrected chi connectivity index (χ3v) is 3.13. The zero-order valence-electron chi connectivity index (χ0n) is 10.6. The SMILES string of the molecule is COCC(C)C(Cc1ccccc1C)C(=O)O. The van der Waals surface area contributed by atoms with E-state index in [0.29, 0.717) is 13.0 Å². The maximum absolute atomic E-state index is 11.3. The lowest BCUT2D eigenvalue weighted by atomic mass is 9.87. The van der Waals surface area contributed by atoms with Gasteiger partial charge in [0.15, 0.2) is 0 Å². The second-order valence-corrected chi connectivity index (χ2v) is 4.51. The van der Waals surface area contributed by atoms with Crippen molar-refractivity contribution < 1.29 is 14.6 Å². The monoisotopic (exact) mass is 236 g/mol. The fourth-order valence-electron chi connectivity index (χ4n) is 1.99. The van der Waals surface area contributed by atoms with Crippen LogP contribution in [0.5, 0.6) is 0 Å². The number of hydrogen-bond donors (Lipinski definition) is 1. The summed E-state index contributed by atoms with van der Waals surface area (Å²) in [6.45, 7) is 4.40. The summed E-state index contributed by atoms with van der Waals surface area (Å²) >= 11 is 0. The second-order valence-electron chi connectivity index (χ2n) is 4.51. The molecular formula is C14H20O3. The van der Waals surface area contributed by atoms with E-state index < -0.39 is 11.9 Å². The third kappa shape index (κ3) is 3.86. The van der Waals surface area contributed by atoms with Gasteiger partial charge < -0.3 is 9.84 Å². The molecule has 2 unspecified atom stereocenters. The van der Waals surface area contributed by atoms with Crippen molar-refractivity contribution in [3.05, 3.63) is 35.4 Å². The number of carbonyl (C=O) groups is 1. The van der Waals surface area contributed by atoms with Gasteiger partial charge in [-0.3, -0.25) is 4.79 Å². The smallest absolute Gasteiger partial charge is 0.307 e. The fourth-order valence-corrected chi connectivity index (χ4v) is 1.99. The van der Waals surface area contributed by atoms with Gasteiger partial charge in [0.25, 0.3) is 0 Å². The lowest BCUT2D eigenvalue weighted by molar-refractivity contribution is -0.144. The van der Waals surface area contributed by atoms with Crippen LogP contribution in [0.4, 0.5) is 0 Å².